The molecule has 2 aromatic heterocycles. The summed E-state index contributed by atoms with van der Waals surface area (Å²) in [6.07, 6.45) is 6.82. The SMILES string of the molecule is O=C1CCC(CC(C(=O)Nc2ncc(F)s2)n2cc(S(=O)(=O)C3CC3)cn2)C1. The first-order chi connectivity index (χ1) is 13.3. The normalized spacial score (nSPS) is 21.0. The van der Waals surface area contributed by atoms with E-state index in [1.54, 1.807) is 0 Å². The van der Waals surface area contributed by atoms with Gasteiger partial charge in [-0.1, -0.05) is 11.3 Å². The summed E-state index contributed by atoms with van der Waals surface area (Å²) in [4.78, 5) is 28.3. The molecule has 150 valence electrons. The Kier molecular flexibility index (Phi) is 5.04. The molecule has 0 spiro atoms. The molecule has 0 saturated heterocycles. The predicted octanol–water partition coefficient (Wildman–Crippen LogP) is 2.35. The molecule has 4 rings (SSSR count). The minimum Gasteiger partial charge on any atom is -0.300 e. The maximum Gasteiger partial charge on any atom is 0.251 e. The average Bonchev–Trinajstić information content (AvgIpc) is 3.04. The molecule has 0 aromatic carbocycles. The van der Waals surface area contributed by atoms with Gasteiger partial charge in [-0.2, -0.15) is 9.49 Å². The van der Waals surface area contributed by atoms with Crippen molar-refractivity contribution < 1.29 is 22.4 Å². The first-order valence-electron chi connectivity index (χ1n) is 9.05. The maximum atomic E-state index is 13.2. The second-order valence-electron chi connectivity index (χ2n) is 7.26. The van der Waals surface area contributed by atoms with E-state index in [1.807, 2.05) is 0 Å². The van der Waals surface area contributed by atoms with Crippen molar-refractivity contribution in [3.8, 4) is 0 Å². The van der Waals surface area contributed by atoms with Crippen molar-refractivity contribution in [3.05, 3.63) is 23.7 Å². The molecular formula is C17H19FN4O4S2. The second kappa shape index (κ2) is 7.36. The molecule has 2 heterocycles. The van der Waals surface area contributed by atoms with Crippen LogP contribution in [0.5, 0.6) is 0 Å². The molecule has 1 amide bonds. The molecule has 2 aromatic rings. The topological polar surface area (TPSA) is 111 Å². The van der Waals surface area contributed by atoms with Crippen molar-refractivity contribution in [3.63, 3.8) is 0 Å². The number of nitrogens with one attached hydrogen (secondary N) is 1. The van der Waals surface area contributed by atoms with Crippen molar-refractivity contribution in [2.24, 2.45) is 5.92 Å². The summed E-state index contributed by atoms with van der Waals surface area (Å²) in [6, 6.07) is -0.814. The number of sulfone groups is 1. The first-order valence-corrected chi connectivity index (χ1v) is 11.4. The van der Waals surface area contributed by atoms with Gasteiger partial charge in [-0.05, 0) is 31.6 Å². The van der Waals surface area contributed by atoms with E-state index in [0.717, 1.165) is 6.20 Å². The monoisotopic (exact) mass is 426 g/mol. The molecular weight excluding hydrogens is 407 g/mol. The number of halogens is 1. The van der Waals surface area contributed by atoms with Crippen LogP contribution in [0.3, 0.4) is 0 Å². The Hall–Kier alpha value is -2.14. The molecule has 2 aliphatic rings. The van der Waals surface area contributed by atoms with Gasteiger partial charge in [-0.15, -0.1) is 0 Å². The Morgan fingerprint density at radius 2 is 2.14 bits per heavy atom. The molecule has 0 aliphatic heterocycles. The van der Waals surface area contributed by atoms with E-state index in [2.05, 4.69) is 15.4 Å². The summed E-state index contributed by atoms with van der Waals surface area (Å²) >= 11 is 0.704. The molecule has 2 atom stereocenters. The summed E-state index contributed by atoms with van der Waals surface area (Å²) in [7, 11) is -3.42. The van der Waals surface area contributed by atoms with Crippen LogP contribution in [0.1, 0.15) is 44.6 Å². The van der Waals surface area contributed by atoms with Crippen LogP contribution in [0.15, 0.2) is 23.5 Å². The van der Waals surface area contributed by atoms with Crippen LogP contribution in [0.4, 0.5) is 9.52 Å². The van der Waals surface area contributed by atoms with Crippen LogP contribution in [0.25, 0.3) is 0 Å². The third-order valence-electron chi connectivity index (χ3n) is 5.10. The summed E-state index contributed by atoms with van der Waals surface area (Å²) in [5, 5.41) is 5.91. The Labute approximate surface area is 165 Å². The summed E-state index contributed by atoms with van der Waals surface area (Å²) in [5.41, 5.74) is 0. The highest BCUT2D eigenvalue weighted by Crippen LogP contribution is 2.35. The van der Waals surface area contributed by atoms with Gasteiger partial charge in [-0.25, -0.2) is 13.4 Å². The zero-order valence-corrected chi connectivity index (χ0v) is 16.5. The van der Waals surface area contributed by atoms with Crippen molar-refractivity contribution in [1.82, 2.24) is 14.8 Å². The second-order valence-corrected chi connectivity index (χ2v) is 10.5. The number of hydrogen-bond donors (Lipinski definition) is 1. The van der Waals surface area contributed by atoms with Gasteiger partial charge < -0.3 is 5.32 Å². The van der Waals surface area contributed by atoms with Crippen LogP contribution in [-0.2, 0) is 19.4 Å². The van der Waals surface area contributed by atoms with Crippen LogP contribution in [0.2, 0.25) is 0 Å². The largest absolute Gasteiger partial charge is 0.300 e. The van der Waals surface area contributed by atoms with E-state index in [0.29, 0.717) is 49.9 Å². The fraction of sp³-hybridized carbons (Fsp3) is 0.529. The first kappa shape index (κ1) is 19.2. The number of ketones is 1. The number of Topliss-reactive ketones (excluding diaryl/α,β-unsaturated/α-hetero) is 1. The number of amides is 1. The predicted molar refractivity (Wildman–Crippen MR) is 99.1 cm³/mol. The van der Waals surface area contributed by atoms with Gasteiger partial charge in [0.25, 0.3) is 5.91 Å². The van der Waals surface area contributed by atoms with E-state index in [-0.39, 0.29) is 27.0 Å². The van der Waals surface area contributed by atoms with Gasteiger partial charge in [0, 0.05) is 19.0 Å². The lowest BCUT2D eigenvalue weighted by Gasteiger charge is -2.19. The minimum atomic E-state index is -3.42. The minimum absolute atomic E-state index is 0.0176. The number of aromatic nitrogens is 3. The average molecular weight is 426 g/mol. The molecule has 1 N–H and O–H groups in total. The molecule has 0 radical (unpaired) electrons. The molecule has 2 saturated carbocycles. The number of nitrogens with zero attached hydrogens (tertiary/aromatic N) is 3. The number of hydrogen-bond acceptors (Lipinski definition) is 7. The third kappa shape index (κ3) is 4.00. The number of carbonyl (C=O) groups is 2. The fourth-order valence-corrected chi connectivity index (χ4v) is 5.59. The highest BCUT2D eigenvalue weighted by atomic mass is 32.2. The number of rotatable bonds is 7. The van der Waals surface area contributed by atoms with Crippen molar-refractivity contribution in [2.75, 3.05) is 5.32 Å². The van der Waals surface area contributed by atoms with Crippen molar-refractivity contribution >= 4 is 38.0 Å². The third-order valence-corrected chi connectivity index (χ3v) is 8.02. The molecule has 28 heavy (non-hydrogen) atoms. The van der Waals surface area contributed by atoms with Gasteiger partial charge in [0.1, 0.15) is 16.7 Å². The van der Waals surface area contributed by atoms with E-state index in [1.165, 1.54) is 17.1 Å². The number of carbonyl (C=O) groups excluding carboxylic acids is 2. The molecule has 2 aliphatic carbocycles. The van der Waals surface area contributed by atoms with Gasteiger partial charge in [-0.3, -0.25) is 14.3 Å². The highest BCUT2D eigenvalue weighted by molar-refractivity contribution is 7.92. The summed E-state index contributed by atoms with van der Waals surface area (Å²) < 4.78 is 39.4. The maximum absolute atomic E-state index is 13.2. The Bertz CT molecular complexity index is 1010. The lowest BCUT2D eigenvalue weighted by molar-refractivity contribution is -0.121. The smallest absolute Gasteiger partial charge is 0.251 e. The van der Waals surface area contributed by atoms with Crippen LogP contribution in [0, 0.1) is 11.0 Å². The van der Waals surface area contributed by atoms with Gasteiger partial charge in [0.15, 0.2) is 20.1 Å². The zero-order valence-electron chi connectivity index (χ0n) is 14.9. The van der Waals surface area contributed by atoms with E-state index < -0.39 is 26.9 Å². The molecule has 8 nitrogen and oxygen atoms in total. The van der Waals surface area contributed by atoms with E-state index in [4.69, 9.17) is 0 Å². The number of thiazole rings is 1. The van der Waals surface area contributed by atoms with Gasteiger partial charge >= 0.3 is 0 Å². The van der Waals surface area contributed by atoms with Crippen LogP contribution in [-0.4, -0.2) is 40.1 Å². The quantitative estimate of drug-likeness (QED) is 0.728. The number of anilines is 1. The molecule has 0 bridgehead atoms. The van der Waals surface area contributed by atoms with Gasteiger partial charge in [0.05, 0.1) is 17.6 Å². The Morgan fingerprint density at radius 1 is 1.36 bits per heavy atom. The Balaban J connectivity index is 1.58. The van der Waals surface area contributed by atoms with Crippen LogP contribution >= 0.6 is 11.3 Å². The molecule has 11 heteroatoms. The van der Waals surface area contributed by atoms with Crippen LogP contribution < -0.4 is 5.32 Å². The standard InChI is InChI=1S/C17H19FN4O4S2/c18-15-8-19-17(27-15)21-16(24)14(6-10-1-2-11(23)5-10)22-9-13(7-20-22)28(25,26)12-3-4-12/h7-10,12,14H,1-6H2,(H,19,21,24). The van der Waals surface area contributed by atoms with E-state index >= 15 is 0 Å². The van der Waals surface area contributed by atoms with Gasteiger partial charge in [0.2, 0.25) is 0 Å². The lowest BCUT2D eigenvalue weighted by Crippen LogP contribution is -2.28. The highest BCUT2D eigenvalue weighted by Gasteiger charge is 2.38. The zero-order chi connectivity index (χ0) is 19.9. The van der Waals surface area contributed by atoms with Crippen molar-refractivity contribution in [2.45, 2.75) is 54.7 Å². The summed E-state index contributed by atoms with van der Waals surface area (Å²) in [5.74, 6) is -0.292. The fourth-order valence-electron chi connectivity index (χ4n) is 3.45. The molecule has 2 unspecified atom stereocenters. The van der Waals surface area contributed by atoms with E-state index in [9.17, 15) is 22.4 Å². The summed E-state index contributed by atoms with van der Waals surface area (Å²) in [6.45, 7) is 0. The lowest BCUT2D eigenvalue weighted by atomic mass is 9.98. The van der Waals surface area contributed by atoms with Crippen molar-refractivity contribution in [1.29, 1.82) is 0 Å². The molecule has 2 fully saturated rings. The Morgan fingerprint density at radius 3 is 2.75 bits per heavy atom.